The Morgan fingerprint density at radius 1 is 1.42 bits per heavy atom. The van der Waals surface area contributed by atoms with Crippen LogP contribution in [-0.2, 0) is 6.42 Å². The predicted octanol–water partition coefficient (Wildman–Crippen LogP) is 1.18. The minimum atomic E-state index is 1.04. The Hall–Kier alpha value is -0.830. The molecule has 1 rings (SSSR count). The van der Waals surface area contributed by atoms with Crippen molar-refractivity contribution in [3.05, 3.63) is 17.0 Å². The molecular formula is C9H17N3. The number of aryl methyl sites for hydroxylation is 2. The molecule has 1 aromatic heterocycles. The third kappa shape index (κ3) is 2.08. The third-order valence-corrected chi connectivity index (χ3v) is 2.08. The van der Waals surface area contributed by atoms with Crippen molar-refractivity contribution < 1.29 is 0 Å². The summed E-state index contributed by atoms with van der Waals surface area (Å²) in [5.41, 5.74) is 3.69. The summed E-state index contributed by atoms with van der Waals surface area (Å²) in [6, 6.07) is 0. The zero-order valence-electron chi connectivity index (χ0n) is 8.07. The monoisotopic (exact) mass is 167 g/mol. The van der Waals surface area contributed by atoms with Crippen LogP contribution in [-0.4, -0.2) is 23.3 Å². The van der Waals surface area contributed by atoms with E-state index in [1.54, 1.807) is 0 Å². The van der Waals surface area contributed by atoms with Crippen molar-refractivity contribution in [2.75, 3.05) is 13.1 Å². The summed E-state index contributed by atoms with van der Waals surface area (Å²) < 4.78 is 0. The number of aromatic nitrogens is 2. The van der Waals surface area contributed by atoms with E-state index in [4.69, 9.17) is 0 Å². The van der Waals surface area contributed by atoms with Gasteiger partial charge in [-0.2, -0.15) is 5.10 Å². The van der Waals surface area contributed by atoms with Crippen molar-refractivity contribution in [3.63, 3.8) is 0 Å². The highest BCUT2D eigenvalue weighted by molar-refractivity contribution is 5.23. The second kappa shape index (κ2) is 4.26. The minimum Gasteiger partial charge on any atom is -0.317 e. The maximum atomic E-state index is 4.14. The Labute approximate surface area is 73.6 Å². The molecule has 0 radical (unpaired) electrons. The van der Waals surface area contributed by atoms with Crippen LogP contribution < -0.4 is 5.32 Å². The standard InChI is InChI=1S/C9H17N3/c1-4-10-6-5-9-7(2)11-12-8(9)3/h10H,4-6H2,1-3H3,(H,11,12). The van der Waals surface area contributed by atoms with Crippen LogP contribution in [0.1, 0.15) is 23.9 Å². The van der Waals surface area contributed by atoms with Crippen molar-refractivity contribution in [2.24, 2.45) is 0 Å². The molecule has 0 spiro atoms. The van der Waals surface area contributed by atoms with Crippen molar-refractivity contribution >= 4 is 0 Å². The molecule has 0 aliphatic carbocycles. The predicted molar refractivity (Wildman–Crippen MR) is 50.3 cm³/mol. The van der Waals surface area contributed by atoms with Gasteiger partial charge in [-0.15, -0.1) is 0 Å². The average Bonchev–Trinajstić information content (AvgIpc) is 2.35. The molecule has 1 heterocycles. The fourth-order valence-electron chi connectivity index (χ4n) is 1.33. The number of rotatable bonds is 4. The molecule has 0 bridgehead atoms. The Morgan fingerprint density at radius 3 is 2.67 bits per heavy atom. The van der Waals surface area contributed by atoms with E-state index in [0.717, 1.165) is 25.2 Å². The van der Waals surface area contributed by atoms with Gasteiger partial charge in [-0.05, 0) is 38.9 Å². The number of hydrogen-bond donors (Lipinski definition) is 2. The largest absolute Gasteiger partial charge is 0.317 e. The second-order valence-corrected chi connectivity index (χ2v) is 3.02. The van der Waals surface area contributed by atoms with Gasteiger partial charge in [0.25, 0.3) is 0 Å². The topological polar surface area (TPSA) is 40.7 Å². The maximum Gasteiger partial charge on any atom is 0.0626 e. The van der Waals surface area contributed by atoms with Crippen LogP contribution in [0.2, 0.25) is 0 Å². The zero-order valence-corrected chi connectivity index (χ0v) is 8.07. The quantitative estimate of drug-likeness (QED) is 0.661. The molecule has 68 valence electrons. The molecule has 0 unspecified atom stereocenters. The van der Waals surface area contributed by atoms with E-state index in [1.807, 2.05) is 6.92 Å². The minimum absolute atomic E-state index is 1.04. The summed E-state index contributed by atoms with van der Waals surface area (Å²) in [6.07, 6.45) is 1.07. The van der Waals surface area contributed by atoms with Gasteiger partial charge in [0.2, 0.25) is 0 Å². The van der Waals surface area contributed by atoms with Crippen LogP contribution >= 0.6 is 0 Å². The Balaban J connectivity index is 2.50. The molecule has 0 fully saturated rings. The van der Waals surface area contributed by atoms with E-state index in [0.29, 0.717) is 0 Å². The van der Waals surface area contributed by atoms with Gasteiger partial charge in [0.05, 0.1) is 5.69 Å². The summed E-state index contributed by atoms with van der Waals surface area (Å²) in [5, 5.41) is 10.4. The molecular weight excluding hydrogens is 150 g/mol. The summed E-state index contributed by atoms with van der Waals surface area (Å²) in [6.45, 7) is 8.31. The lowest BCUT2D eigenvalue weighted by atomic mass is 10.1. The SMILES string of the molecule is CCNCCc1c(C)n[nH]c1C. The lowest BCUT2D eigenvalue weighted by Gasteiger charge is -2.01. The highest BCUT2D eigenvalue weighted by Crippen LogP contribution is 2.08. The van der Waals surface area contributed by atoms with Crippen LogP contribution in [0.3, 0.4) is 0 Å². The van der Waals surface area contributed by atoms with E-state index in [2.05, 4.69) is 29.4 Å². The van der Waals surface area contributed by atoms with E-state index in [1.165, 1.54) is 11.3 Å². The van der Waals surface area contributed by atoms with Crippen LogP contribution in [0.15, 0.2) is 0 Å². The van der Waals surface area contributed by atoms with E-state index >= 15 is 0 Å². The van der Waals surface area contributed by atoms with Gasteiger partial charge < -0.3 is 5.32 Å². The normalized spacial score (nSPS) is 10.6. The van der Waals surface area contributed by atoms with Crippen LogP contribution in [0.4, 0.5) is 0 Å². The molecule has 0 aromatic carbocycles. The van der Waals surface area contributed by atoms with E-state index in [-0.39, 0.29) is 0 Å². The van der Waals surface area contributed by atoms with Crippen LogP contribution in [0.25, 0.3) is 0 Å². The molecule has 0 aliphatic rings. The molecule has 0 aliphatic heterocycles. The number of nitrogens with one attached hydrogen (secondary N) is 2. The highest BCUT2D eigenvalue weighted by Gasteiger charge is 2.04. The average molecular weight is 167 g/mol. The van der Waals surface area contributed by atoms with Gasteiger partial charge in [0.15, 0.2) is 0 Å². The summed E-state index contributed by atoms with van der Waals surface area (Å²) in [5.74, 6) is 0. The molecule has 2 N–H and O–H groups in total. The maximum absolute atomic E-state index is 4.14. The molecule has 3 heteroatoms. The molecule has 0 amide bonds. The molecule has 0 saturated carbocycles. The van der Waals surface area contributed by atoms with Crippen molar-refractivity contribution in [1.82, 2.24) is 15.5 Å². The van der Waals surface area contributed by atoms with Crippen molar-refractivity contribution in [1.29, 1.82) is 0 Å². The van der Waals surface area contributed by atoms with Gasteiger partial charge >= 0.3 is 0 Å². The summed E-state index contributed by atoms with van der Waals surface area (Å²) in [7, 11) is 0. The van der Waals surface area contributed by atoms with Crippen LogP contribution in [0, 0.1) is 13.8 Å². The fourth-order valence-corrected chi connectivity index (χ4v) is 1.33. The van der Waals surface area contributed by atoms with E-state index < -0.39 is 0 Å². The first-order valence-corrected chi connectivity index (χ1v) is 4.46. The first-order valence-electron chi connectivity index (χ1n) is 4.46. The van der Waals surface area contributed by atoms with Gasteiger partial charge in [-0.25, -0.2) is 0 Å². The molecule has 0 saturated heterocycles. The molecule has 1 aromatic rings. The van der Waals surface area contributed by atoms with Gasteiger partial charge in [0, 0.05) is 5.69 Å². The summed E-state index contributed by atoms with van der Waals surface area (Å²) >= 11 is 0. The number of H-pyrrole nitrogens is 1. The third-order valence-electron chi connectivity index (χ3n) is 2.08. The van der Waals surface area contributed by atoms with Crippen molar-refractivity contribution in [2.45, 2.75) is 27.2 Å². The number of aromatic amines is 1. The summed E-state index contributed by atoms with van der Waals surface area (Å²) in [4.78, 5) is 0. The smallest absolute Gasteiger partial charge is 0.0626 e. The van der Waals surface area contributed by atoms with Gasteiger partial charge in [-0.3, -0.25) is 5.10 Å². The number of likely N-dealkylation sites (N-methyl/N-ethyl adjacent to an activating group) is 1. The van der Waals surface area contributed by atoms with Crippen molar-refractivity contribution in [3.8, 4) is 0 Å². The Bertz CT molecular complexity index is 220. The first kappa shape index (κ1) is 9.26. The number of hydrogen-bond acceptors (Lipinski definition) is 2. The lowest BCUT2D eigenvalue weighted by Crippen LogP contribution is -2.16. The Kier molecular flexibility index (Phi) is 3.29. The molecule has 0 atom stereocenters. The zero-order chi connectivity index (χ0) is 8.97. The number of nitrogens with zero attached hydrogens (tertiary/aromatic N) is 1. The molecule has 12 heavy (non-hydrogen) atoms. The fraction of sp³-hybridized carbons (Fsp3) is 0.667. The van der Waals surface area contributed by atoms with Gasteiger partial charge in [0.1, 0.15) is 0 Å². The highest BCUT2D eigenvalue weighted by atomic mass is 15.1. The Morgan fingerprint density at radius 2 is 2.17 bits per heavy atom. The lowest BCUT2D eigenvalue weighted by molar-refractivity contribution is 0.713. The molecule has 3 nitrogen and oxygen atoms in total. The first-order chi connectivity index (χ1) is 5.75. The van der Waals surface area contributed by atoms with Gasteiger partial charge in [-0.1, -0.05) is 6.92 Å². The van der Waals surface area contributed by atoms with E-state index in [9.17, 15) is 0 Å². The second-order valence-electron chi connectivity index (χ2n) is 3.02. The van der Waals surface area contributed by atoms with Crippen LogP contribution in [0.5, 0.6) is 0 Å².